The smallest absolute Gasteiger partial charge is 0.262 e. The van der Waals surface area contributed by atoms with Crippen LogP contribution in [0.4, 0.5) is 15.8 Å². The lowest BCUT2D eigenvalue weighted by atomic mass is 10.0. The molecule has 3 aromatic carbocycles. The molecule has 1 heterocycles. The number of benzene rings is 3. The van der Waals surface area contributed by atoms with Gasteiger partial charge in [-0.25, -0.2) is 12.8 Å². The number of likely N-dealkylation sites (N-methyl/N-ethyl adjacent to an activating group) is 1. The summed E-state index contributed by atoms with van der Waals surface area (Å²) >= 11 is 0. The lowest BCUT2D eigenvalue weighted by molar-refractivity contribution is 0.352. The molecule has 0 spiro atoms. The molecule has 0 bridgehead atoms. The Morgan fingerprint density at radius 1 is 1.00 bits per heavy atom. The molecule has 0 atom stereocenters. The molecule has 3 aromatic rings. The Morgan fingerprint density at radius 3 is 2.20 bits per heavy atom. The molecule has 1 aliphatic heterocycles. The molecule has 35 heavy (non-hydrogen) atoms. The number of nitrogens with one attached hydrogen (secondary N) is 1. The minimum absolute atomic E-state index is 0. The molecule has 1 N–H and O–H groups in total. The topological polar surface area (TPSA) is 61.9 Å². The largest absolute Gasteiger partial charge is 0.495 e. The van der Waals surface area contributed by atoms with Crippen LogP contribution in [0.3, 0.4) is 0 Å². The number of hydrogen-bond donors (Lipinski definition) is 1. The molecule has 0 unspecified atom stereocenters. The summed E-state index contributed by atoms with van der Waals surface area (Å²) in [6, 6.07) is 16.9. The zero-order valence-corrected chi connectivity index (χ0v) is 21.8. The van der Waals surface area contributed by atoms with Gasteiger partial charge in [-0.15, -0.1) is 12.4 Å². The van der Waals surface area contributed by atoms with Crippen molar-refractivity contribution in [3.63, 3.8) is 0 Å². The molecule has 0 aliphatic carbocycles. The third-order valence-corrected chi connectivity index (χ3v) is 7.59. The van der Waals surface area contributed by atoms with E-state index in [1.165, 1.54) is 17.7 Å². The highest BCUT2D eigenvalue weighted by atomic mass is 35.5. The summed E-state index contributed by atoms with van der Waals surface area (Å²) in [4.78, 5) is 4.42. The van der Waals surface area contributed by atoms with Crippen molar-refractivity contribution in [3.05, 3.63) is 83.2 Å². The van der Waals surface area contributed by atoms with Crippen LogP contribution < -0.4 is 14.4 Å². The van der Waals surface area contributed by atoms with E-state index in [1.807, 2.05) is 24.1 Å². The number of fused-ring (bicyclic) bond motifs is 1. The zero-order chi connectivity index (χ0) is 24.3. The van der Waals surface area contributed by atoms with Crippen LogP contribution in [0.2, 0.25) is 0 Å². The number of hydrogen-bond acceptors (Lipinski definition) is 5. The second kappa shape index (κ2) is 11.3. The molecule has 9 heteroatoms. The first-order chi connectivity index (χ1) is 16.2. The second-order valence-corrected chi connectivity index (χ2v) is 10.4. The number of sulfonamides is 1. The van der Waals surface area contributed by atoms with Crippen molar-refractivity contribution in [2.45, 2.75) is 24.3 Å². The number of nitrogens with zero attached hydrogens (tertiary/aromatic N) is 2. The first kappa shape index (κ1) is 26.8. The highest BCUT2D eigenvalue weighted by molar-refractivity contribution is 7.92. The summed E-state index contributed by atoms with van der Waals surface area (Å²) in [7, 11) is 1.76. The molecular formula is C26H31ClFN3O3S. The molecule has 0 saturated carbocycles. The van der Waals surface area contributed by atoms with Crippen LogP contribution in [-0.4, -0.2) is 47.6 Å². The second-order valence-electron chi connectivity index (χ2n) is 8.71. The van der Waals surface area contributed by atoms with Gasteiger partial charge >= 0.3 is 0 Å². The van der Waals surface area contributed by atoms with Crippen molar-refractivity contribution in [1.29, 1.82) is 0 Å². The van der Waals surface area contributed by atoms with Crippen molar-refractivity contribution in [2.75, 3.05) is 43.9 Å². The quantitative estimate of drug-likeness (QED) is 0.489. The first-order valence-electron chi connectivity index (χ1n) is 11.2. The molecule has 188 valence electrons. The number of rotatable bonds is 7. The fraction of sp³-hybridized carbons (Fsp3) is 0.308. The maximum absolute atomic E-state index is 13.2. The van der Waals surface area contributed by atoms with Gasteiger partial charge in [-0.2, -0.15) is 0 Å². The molecule has 4 rings (SSSR count). The number of anilines is 2. The molecule has 0 saturated heterocycles. The lowest BCUT2D eigenvalue weighted by Gasteiger charge is -2.19. The van der Waals surface area contributed by atoms with E-state index in [9.17, 15) is 12.8 Å². The highest BCUT2D eigenvalue weighted by Crippen LogP contribution is 2.32. The maximum atomic E-state index is 13.2. The van der Waals surface area contributed by atoms with Crippen LogP contribution in [-0.2, 0) is 29.4 Å². The van der Waals surface area contributed by atoms with Crippen molar-refractivity contribution in [3.8, 4) is 5.75 Å². The van der Waals surface area contributed by atoms with Gasteiger partial charge in [-0.3, -0.25) is 4.72 Å². The Balaban J connectivity index is 0.00000342. The molecule has 6 nitrogen and oxygen atoms in total. The Morgan fingerprint density at radius 2 is 1.60 bits per heavy atom. The van der Waals surface area contributed by atoms with Crippen molar-refractivity contribution in [2.24, 2.45) is 0 Å². The van der Waals surface area contributed by atoms with Crippen molar-refractivity contribution < 1.29 is 17.5 Å². The van der Waals surface area contributed by atoms with Crippen LogP contribution in [0, 0.1) is 5.82 Å². The standard InChI is InChI=1S/C26H30FN3O3S.ClH/c1-29-14-12-20-16-25(26(33-3)17-21(20)13-15-29)28-34(31,32)24-10-4-19(5-11-24)18-30(2)23-8-6-22(27)7-9-23;/h4-11,16-17,28H,12-15,18H2,1-3H3;1H. The van der Waals surface area contributed by atoms with E-state index in [2.05, 4.69) is 16.7 Å². The summed E-state index contributed by atoms with van der Waals surface area (Å²) in [6.45, 7) is 2.45. The van der Waals surface area contributed by atoms with Gasteiger partial charge in [0.15, 0.2) is 0 Å². The van der Waals surface area contributed by atoms with Gasteiger partial charge in [0, 0.05) is 32.4 Å². The van der Waals surface area contributed by atoms with Crippen LogP contribution >= 0.6 is 12.4 Å². The van der Waals surface area contributed by atoms with E-state index in [0.717, 1.165) is 42.7 Å². The van der Waals surface area contributed by atoms with Gasteiger partial charge in [0.25, 0.3) is 10.0 Å². The lowest BCUT2D eigenvalue weighted by Crippen LogP contribution is -2.20. The number of halogens is 2. The van der Waals surface area contributed by atoms with Crippen molar-refractivity contribution in [1.82, 2.24) is 4.90 Å². The van der Waals surface area contributed by atoms with Crippen LogP contribution in [0.5, 0.6) is 5.75 Å². The van der Waals surface area contributed by atoms with Gasteiger partial charge in [0.05, 0.1) is 17.7 Å². The van der Waals surface area contributed by atoms with E-state index in [-0.39, 0.29) is 23.1 Å². The zero-order valence-electron chi connectivity index (χ0n) is 20.1. The minimum Gasteiger partial charge on any atom is -0.495 e. The monoisotopic (exact) mass is 519 g/mol. The Labute approximate surface area is 213 Å². The Kier molecular flexibility index (Phi) is 8.64. The maximum Gasteiger partial charge on any atom is 0.262 e. The molecule has 1 aliphatic rings. The SMILES string of the molecule is COc1cc2c(cc1NS(=O)(=O)c1ccc(CN(C)c3ccc(F)cc3)cc1)CCN(C)CC2.Cl. The Bertz CT molecular complexity index is 1250. The average molecular weight is 520 g/mol. The average Bonchev–Trinajstić information content (AvgIpc) is 3.00. The normalized spacial score (nSPS) is 13.8. The van der Waals surface area contributed by atoms with E-state index in [1.54, 1.807) is 43.5 Å². The predicted molar refractivity (Wildman–Crippen MR) is 141 cm³/mol. The van der Waals surface area contributed by atoms with E-state index in [4.69, 9.17) is 4.74 Å². The van der Waals surface area contributed by atoms with Crippen LogP contribution in [0.15, 0.2) is 65.6 Å². The summed E-state index contributed by atoms with van der Waals surface area (Å²) in [5.41, 5.74) is 4.60. The summed E-state index contributed by atoms with van der Waals surface area (Å²) < 4.78 is 47.6. The first-order valence-corrected chi connectivity index (χ1v) is 12.7. The highest BCUT2D eigenvalue weighted by Gasteiger charge is 2.20. The van der Waals surface area contributed by atoms with Gasteiger partial charge < -0.3 is 14.5 Å². The summed E-state index contributed by atoms with van der Waals surface area (Å²) in [5.74, 6) is 0.238. The van der Waals surface area contributed by atoms with Gasteiger partial charge in [-0.05, 0) is 85.1 Å². The fourth-order valence-corrected chi connectivity index (χ4v) is 5.21. The summed E-state index contributed by atoms with van der Waals surface area (Å²) in [6.07, 6.45) is 1.77. The fourth-order valence-electron chi connectivity index (χ4n) is 4.15. The van der Waals surface area contributed by atoms with E-state index >= 15 is 0 Å². The minimum atomic E-state index is -3.79. The molecule has 0 radical (unpaired) electrons. The van der Waals surface area contributed by atoms with Crippen molar-refractivity contribution >= 4 is 33.8 Å². The molecular weight excluding hydrogens is 489 g/mol. The number of methoxy groups -OCH3 is 1. The molecule has 0 amide bonds. The Hall–Kier alpha value is -2.81. The van der Waals surface area contributed by atoms with Gasteiger partial charge in [-0.1, -0.05) is 12.1 Å². The van der Waals surface area contributed by atoms with Crippen LogP contribution in [0.1, 0.15) is 16.7 Å². The molecule has 0 aromatic heterocycles. The third kappa shape index (κ3) is 6.45. The molecule has 0 fully saturated rings. The van der Waals surface area contributed by atoms with Crippen LogP contribution in [0.25, 0.3) is 0 Å². The number of ether oxygens (including phenoxy) is 1. The third-order valence-electron chi connectivity index (χ3n) is 6.21. The van der Waals surface area contributed by atoms with E-state index < -0.39 is 10.0 Å². The van der Waals surface area contributed by atoms with Gasteiger partial charge in [0.2, 0.25) is 0 Å². The van der Waals surface area contributed by atoms with Gasteiger partial charge in [0.1, 0.15) is 11.6 Å². The van der Waals surface area contributed by atoms with E-state index in [0.29, 0.717) is 18.0 Å². The summed E-state index contributed by atoms with van der Waals surface area (Å²) in [5, 5.41) is 0. The predicted octanol–water partition coefficient (Wildman–Crippen LogP) is 4.72.